The van der Waals surface area contributed by atoms with Crippen LogP contribution in [0.15, 0.2) is 35.4 Å². The lowest BCUT2D eigenvalue weighted by Gasteiger charge is -2.57. The Balaban J connectivity index is 1.36. The van der Waals surface area contributed by atoms with E-state index in [-0.39, 0.29) is 18.0 Å². The van der Waals surface area contributed by atoms with Crippen LogP contribution in [0.3, 0.4) is 0 Å². The van der Waals surface area contributed by atoms with Crippen molar-refractivity contribution in [2.45, 2.75) is 64.1 Å². The van der Waals surface area contributed by atoms with Crippen molar-refractivity contribution in [3.8, 4) is 0 Å². The minimum Gasteiger partial charge on any atom is -0.340 e. The van der Waals surface area contributed by atoms with Crippen molar-refractivity contribution in [2.75, 3.05) is 19.6 Å². The number of piperidine rings is 3. The predicted octanol–water partition coefficient (Wildman–Crippen LogP) is 2.90. The highest BCUT2D eigenvalue weighted by Gasteiger charge is 2.47. The number of carbonyl (C=O) groups excluding carboxylic acids is 1. The lowest BCUT2D eigenvalue weighted by molar-refractivity contribution is -0.141. The molecule has 4 heterocycles. The monoisotopic (exact) mass is 408 g/mol. The predicted molar refractivity (Wildman–Crippen MR) is 117 cm³/mol. The third-order valence-corrected chi connectivity index (χ3v) is 7.60. The number of likely N-dealkylation sites (tertiary alicyclic amines) is 1. The van der Waals surface area contributed by atoms with E-state index in [4.69, 9.17) is 0 Å². The average Bonchev–Trinajstić information content (AvgIpc) is 2.78. The Bertz CT molecular complexity index is 987. The second-order valence-corrected chi connectivity index (χ2v) is 9.41. The number of aromatic nitrogens is 2. The number of amides is 1. The van der Waals surface area contributed by atoms with Gasteiger partial charge >= 0.3 is 0 Å². The molecule has 1 aromatic heterocycles. The summed E-state index contributed by atoms with van der Waals surface area (Å²) < 4.78 is 1.48. The summed E-state index contributed by atoms with van der Waals surface area (Å²) in [4.78, 5) is 35.3. The van der Waals surface area contributed by atoms with E-state index in [9.17, 15) is 9.59 Å². The smallest absolute Gasteiger partial charge is 0.261 e. The van der Waals surface area contributed by atoms with Gasteiger partial charge in [0.25, 0.3) is 5.56 Å². The fourth-order valence-corrected chi connectivity index (χ4v) is 6.27. The van der Waals surface area contributed by atoms with Crippen LogP contribution in [0.25, 0.3) is 10.9 Å². The summed E-state index contributed by atoms with van der Waals surface area (Å²) in [5.41, 5.74) is 0.548. The molecule has 3 saturated heterocycles. The fraction of sp³-hybridized carbons (Fsp3) is 0.625. The molecule has 0 radical (unpaired) electrons. The molecule has 5 rings (SSSR count). The molecule has 6 heteroatoms. The molecule has 0 unspecified atom stereocenters. The first-order chi connectivity index (χ1) is 14.7. The molecule has 4 atom stereocenters. The van der Waals surface area contributed by atoms with Gasteiger partial charge in [-0.15, -0.1) is 0 Å². The molecular weight excluding hydrogens is 376 g/mol. The number of para-hydroxylation sites is 1. The van der Waals surface area contributed by atoms with E-state index < -0.39 is 0 Å². The number of hydrogen-bond acceptors (Lipinski definition) is 4. The molecule has 3 fully saturated rings. The van der Waals surface area contributed by atoms with Gasteiger partial charge in [-0.25, -0.2) is 4.98 Å². The average molecular weight is 409 g/mol. The van der Waals surface area contributed by atoms with E-state index in [1.807, 2.05) is 18.2 Å². The van der Waals surface area contributed by atoms with Gasteiger partial charge in [0.15, 0.2) is 0 Å². The summed E-state index contributed by atoms with van der Waals surface area (Å²) >= 11 is 0. The largest absolute Gasteiger partial charge is 0.340 e. The zero-order valence-corrected chi connectivity index (χ0v) is 17.9. The van der Waals surface area contributed by atoms with Crippen molar-refractivity contribution < 1.29 is 4.79 Å². The van der Waals surface area contributed by atoms with Crippen LogP contribution in [-0.2, 0) is 11.3 Å². The van der Waals surface area contributed by atoms with Crippen molar-refractivity contribution in [2.24, 2.45) is 11.8 Å². The summed E-state index contributed by atoms with van der Waals surface area (Å²) in [6, 6.07) is 8.57. The Kier molecular flexibility index (Phi) is 5.35. The Morgan fingerprint density at radius 2 is 2.00 bits per heavy atom. The van der Waals surface area contributed by atoms with E-state index in [0.717, 1.165) is 13.1 Å². The Labute approximate surface area is 177 Å². The van der Waals surface area contributed by atoms with Crippen molar-refractivity contribution in [1.82, 2.24) is 19.4 Å². The number of fused-ring (bicyclic) bond motifs is 5. The van der Waals surface area contributed by atoms with E-state index in [1.165, 1.54) is 56.0 Å². The molecule has 3 aliphatic rings. The molecule has 0 N–H and O–H groups in total. The zero-order valence-electron chi connectivity index (χ0n) is 17.9. The quantitative estimate of drug-likeness (QED) is 0.781. The van der Waals surface area contributed by atoms with Gasteiger partial charge in [0, 0.05) is 25.2 Å². The molecule has 30 heavy (non-hydrogen) atoms. The Hall–Kier alpha value is -2.21. The molecule has 160 valence electrons. The first-order valence-corrected chi connectivity index (χ1v) is 11.6. The summed E-state index contributed by atoms with van der Waals surface area (Å²) in [6.07, 6.45) is 9.10. The van der Waals surface area contributed by atoms with E-state index >= 15 is 0 Å². The highest BCUT2D eigenvalue weighted by molar-refractivity contribution is 5.79. The number of nitrogens with zero attached hydrogens (tertiary/aromatic N) is 4. The molecular formula is C24H32N4O2. The van der Waals surface area contributed by atoms with E-state index in [1.54, 1.807) is 6.07 Å². The molecule has 2 bridgehead atoms. The van der Waals surface area contributed by atoms with Crippen LogP contribution < -0.4 is 5.56 Å². The SMILES string of the molecule is CCC[C@H]1[C@H]2C[C@H](CN(C(=O)Cn3cnc4ccccc4c3=O)C2)[C@@H]2CCCCN21. The molecule has 0 aliphatic carbocycles. The van der Waals surface area contributed by atoms with Crippen LogP contribution in [0.2, 0.25) is 0 Å². The summed E-state index contributed by atoms with van der Waals surface area (Å²) in [6.45, 7) is 5.26. The van der Waals surface area contributed by atoms with Crippen LogP contribution in [0, 0.1) is 11.8 Å². The summed E-state index contributed by atoms with van der Waals surface area (Å²) in [5.74, 6) is 1.20. The molecule has 6 nitrogen and oxygen atoms in total. The van der Waals surface area contributed by atoms with Gasteiger partial charge in [-0.2, -0.15) is 0 Å². The Morgan fingerprint density at radius 3 is 2.87 bits per heavy atom. The van der Waals surface area contributed by atoms with Crippen LogP contribution in [0.1, 0.15) is 45.4 Å². The van der Waals surface area contributed by atoms with Gasteiger partial charge in [-0.05, 0) is 56.2 Å². The summed E-state index contributed by atoms with van der Waals surface area (Å²) in [7, 11) is 0. The maximum atomic E-state index is 13.2. The fourth-order valence-electron chi connectivity index (χ4n) is 6.27. The molecule has 0 spiro atoms. The van der Waals surface area contributed by atoms with Crippen molar-refractivity contribution in [3.63, 3.8) is 0 Å². The van der Waals surface area contributed by atoms with Gasteiger partial charge in [-0.1, -0.05) is 31.9 Å². The summed E-state index contributed by atoms with van der Waals surface area (Å²) in [5, 5.41) is 0.573. The van der Waals surface area contributed by atoms with Gasteiger partial charge in [-0.3, -0.25) is 19.1 Å². The minimum absolute atomic E-state index is 0.0587. The normalized spacial score (nSPS) is 29.0. The molecule has 0 saturated carbocycles. The first kappa shape index (κ1) is 19.7. The van der Waals surface area contributed by atoms with Crippen molar-refractivity contribution in [1.29, 1.82) is 0 Å². The maximum absolute atomic E-state index is 13.2. The highest BCUT2D eigenvalue weighted by atomic mass is 16.2. The molecule has 2 aromatic rings. The molecule has 1 amide bonds. The van der Waals surface area contributed by atoms with E-state index in [0.29, 0.717) is 34.8 Å². The van der Waals surface area contributed by atoms with Crippen LogP contribution >= 0.6 is 0 Å². The number of rotatable bonds is 4. The second kappa shape index (κ2) is 8.14. The van der Waals surface area contributed by atoms with Gasteiger partial charge < -0.3 is 4.90 Å². The van der Waals surface area contributed by atoms with Gasteiger partial charge in [0.2, 0.25) is 5.91 Å². The third-order valence-electron chi connectivity index (χ3n) is 7.60. The highest BCUT2D eigenvalue weighted by Crippen LogP contribution is 2.42. The van der Waals surface area contributed by atoms with Gasteiger partial charge in [0.1, 0.15) is 6.54 Å². The second-order valence-electron chi connectivity index (χ2n) is 9.41. The van der Waals surface area contributed by atoms with Crippen molar-refractivity contribution >= 4 is 16.8 Å². The van der Waals surface area contributed by atoms with Crippen LogP contribution in [-0.4, -0.2) is 57.0 Å². The standard InChI is InChI=1S/C24H32N4O2/c1-2-7-21-17-12-18(22-10-5-6-11-28(21)22)14-26(13-17)23(29)15-27-16-25-20-9-4-3-8-19(20)24(27)30/h3-4,8-9,16-18,21-22H,2,5-7,10-15H2,1H3/t17-,18+,21-,22-/m0/s1. The zero-order chi connectivity index (χ0) is 20.7. The first-order valence-electron chi connectivity index (χ1n) is 11.6. The minimum atomic E-state index is -0.131. The molecule has 1 aromatic carbocycles. The lowest BCUT2D eigenvalue weighted by atomic mass is 9.71. The van der Waals surface area contributed by atoms with Crippen molar-refractivity contribution in [3.05, 3.63) is 40.9 Å². The number of carbonyl (C=O) groups is 1. The third kappa shape index (κ3) is 3.45. The maximum Gasteiger partial charge on any atom is 0.261 e. The topological polar surface area (TPSA) is 58.4 Å². The van der Waals surface area contributed by atoms with Gasteiger partial charge in [0.05, 0.1) is 17.2 Å². The number of hydrogen-bond donors (Lipinski definition) is 0. The lowest BCUT2D eigenvalue weighted by Crippen LogP contribution is -2.64. The van der Waals surface area contributed by atoms with E-state index in [2.05, 4.69) is 21.7 Å². The van der Waals surface area contributed by atoms with Crippen LogP contribution in [0.5, 0.6) is 0 Å². The molecule has 3 aliphatic heterocycles. The number of benzene rings is 1. The van der Waals surface area contributed by atoms with Crippen LogP contribution in [0.4, 0.5) is 0 Å². The Morgan fingerprint density at radius 1 is 1.17 bits per heavy atom.